The Morgan fingerprint density at radius 1 is 0.393 bits per heavy atom. The van der Waals surface area contributed by atoms with E-state index in [1.54, 1.807) is 11.3 Å². The Labute approximate surface area is 326 Å². The summed E-state index contributed by atoms with van der Waals surface area (Å²) in [6.07, 6.45) is 1.87. The molecule has 0 spiro atoms. The van der Waals surface area contributed by atoms with Gasteiger partial charge in [0.25, 0.3) is 0 Å². The van der Waals surface area contributed by atoms with Gasteiger partial charge in [0.1, 0.15) is 0 Å². The zero-order valence-corrected chi connectivity index (χ0v) is 30.9. The molecule has 0 fully saturated rings. The van der Waals surface area contributed by atoms with Crippen LogP contribution in [-0.4, -0.2) is 24.5 Å². The average Bonchev–Trinajstić information content (AvgIpc) is 3.83. The molecule has 0 amide bonds. The van der Waals surface area contributed by atoms with Crippen molar-refractivity contribution in [3.05, 3.63) is 188 Å². The standard InChI is InChI=1S/C50H31N5S/c1-3-13-32(14-4-1)36-28-29-40(44(31-36)55-42-21-9-7-17-38(42)39-18-8-10-22-43(39)55)50-53-48(34-15-5-2-6-16-34)52-49(54-50)35-26-24-33(25-27-35)37-19-11-20-41-46-45(56-47(37)41)23-12-30-51-46/h1-31H. The number of hydrogen-bond donors (Lipinski definition) is 0. The third kappa shape index (κ3) is 5.38. The molecule has 0 saturated carbocycles. The van der Waals surface area contributed by atoms with E-state index in [0.29, 0.717) is 17.5 Å². The first-order valence-corrected chi connectivity index (χ1v) is 19.5. The molecule has 5 nitrogen and oxygen atoms in total. The van der Waals surface area contributed by atoms with Gasteiger partial charge < -0.3 is 4.57 Å². The van der Waals surface area contributed by atoms with E-state index in [2.05, 4.69) is 167 Å². The summed E-state index contributed by atoms with van der Waals surface area (Å²) in [5.41, 5.74) is 11.6. The summed E-state index contributed by atoms with van der Waals surface area (Å²) in [5.74, 6) is 1.85. The summed E-state index contributed by atoms with van der Waals surface area (Å²) >= 11 is 1.79. The fourth-order valence-electron chi connectivity index (χ4n) is 7.88. The predicted molar refractivity (Wildman–Crippen MR) is 232 cm³/mol. The van der Waals surface area contributed by atoms with Crippen LogP contribution in [-0.2, 0) is 0 Å². The van der Waals surface area contributed by atoms with Crippen LogP contribution in [0, 0.1) is 0 Å². The lowest BCUT2D eigenvalue weighted by Gasteiger charge is -2.16. The van der Waals surface area contributed by atoms with Crippen molar-refractivity contribution in [3.8, 4) is 62.1 Å². The molecule has 4 aromatic heterocycles. The van der Waals surface area contributed by atoms with E-state index in [9.17, 15) is 0 Å². The molecule has 6 heteroatoms. The minimum Gasteiger partial charge on any atom is -0.308 e. The van der Waals surface area contributed by atoms with Crippen molar-refractivity contribution < 1.29 is 0 Å². The quantitative estimate of drug-likeness (QED) is 0.171. The summed E-state index contributed by atoms with van der Waals surface area (Å²) < 4.78 is 4.78. The Hall–Kier alpha value is -7.28. The second-order valence-corrected chi connectivity index (χ2v) is 14.9. The Kier molecular flexibility index (Phi) is 7.60. The molecule has 0 aliphatic heterocycles. The van der Waals surface area contributed by atoms with Crippen LogP contribution in [0.25, 0.3) is 104 Å². The number of rotatable bonds is 6. The lowest BCUT2D eigenvalue weighted by Crippen LogP contribution is -2.04. The van der Waals surface area contributed by atoms with Crippen molar-refractivity contribution in [3.63, 3.8) is 0 Å². The summed E-state index contributed by atoms with van der Waals surface area (Å²) in [5, 5.41) is 3.57. The van der Waals surface area contributed by atoms with Gasteiger partial charge in [-0.15, -0.1) is 11.3 Å². The lowest BCUT2D eigenvalue weighted by atomic mass is 10.0. The molecule has 7 aromatic carbocycles. The average molecular weight is 734 g/mol. The van der Waals surface area contributed by atoms with Gasteiger partial charge in [0.2, 0.25) is 0 Å². The van der Waals surface area contributed by atoms with Crippen LogP contribution in [0.15, 0.2) is 188 Å². The Morgan fingerprint density at radius 3 is 1.68 bits per heavy atom. The molecule has 262 valence electrons. The molecule has 11 rings (SSSR count). The molecular formula is C50H31N5S. The van der Waals surface area contributed by atoms with Gasteiger partial charge in [0.15, 0.2) is 17.5 Å². The van der Waals surface area contributed by atoms with E-state index in [1.807, 2.05) is 30.5 Å². The maximum Gasteiger partial charge on any atom is 0.166 e. The second kappa shape index (κ2) is 13.2. The third-order valence-corrected chi connectivity index (χ3v) is 11.7. The van der Waals surface area contributed by atoms with E-state index in [1.165, 1.54) is 31.1 Å². The van der Waals surface area contributed by atoms with E-state index < -0.39 is 0 Å². The van der Waals surface area contributed by atoms with Crippen LogP contribution in [0.1, 0.15) is 0 Å². The van der Waals surface area contributed by atoms with Crippen molar-refractivity contribution in [2.24, 2.45) is 0 Å². The topological polar surface area (TPSA) is 56.5 Å². The highest BCUT2D eigenvalue weighted by Crippen LogP contribution is 2.41. The van der Waals surface area contributed by atoms with Crippen LogP contribution < -0.4 is 0 Å². The molecule has 0 radical (unpaired) electrons. The van der Waals surface area contributed by atoms with Gasteiger partial charge in [-0.2, -0.15) is 0 Å². The normalized spacial score (nSPS) is 11.6. The second-order valence-electron chi connectivity index (χ2n) is 13.9. The smallest absolute Gasteiger partial charge is 0.166 e. The van der Waals surface area contributed by atoms with Crippen LogP contribution >= 0.6 is 11.3 Å². The third-order valence-electron chi connectivity index (χ3n) is 10.5. The van der Waals surface area contributed by atoms with Gasteiger partial charge in [-0.3, -0.25) is 4.98 Å². The number of pyridine rings is 1. The summed E-state index contributed by atoms with van der Waals surface area (Å²) in [4.78, 5) is 20.3. The van der Waals surface area contributed by atoms with Gasteiger partial charge in [0, 0.05) is 43.7 Å². The van der Waals surface area contributed by atoms with Crippen molar-refractivity contribution in [2.75, 3.05) is 0 Å². The first-order chi connectivity index (χ1) is 27.8. The molecule has 56 heavy (non-hydrogen) atoms. The van der Waals surface area contributed by atoms with E-state index in [0.717, 1.165) is 55.6 Å². The number of aromatic nitrogens is 5. The zero-order chi connectivity index (χ0) is 37.0. The van der Waals surface area contributed by atoms with Crippen LogP contribution in [0.5, 0.6) is 0 Å². The lowest BCUT2D eigenvalue weighted by molar-refractivity contribution is 1.06. The first-order valence-electron chi connectivity index (χ1n) is 18.6. The van der Waals surface area contributed by atoms with Crippen molar-refractivity contribution >= 4 is 53.4 Å². The highest BCUT2D eigenvalue weighted by Gasteiger charge is 2.20. The van der Waals surface area contributed by atoms with E-state index >= 15 is 0 Å². The zero-order valence-electron chi connectivity index (χ0n) is 30.0. The Balaban J connectivity index is 1.11. The number of hydrogen-bond acceptors (Lipinski definition) is 5. The molecule has 0 unspecified atom stereocenters. The fraction of sp³-hybridized carbons (Fsp3) is 0. The molecular weight excluding hydrogens is 703 g/mol. The molecule has 0 aliphatic rings. The van der Waals surface area contributed by atoms with Crippen molar-refractivity contribution in [1.29, 1.82) is 0 Å². The summed E-state index contributed by atoms with van der Waals surface area (Å²) in [6.45, 7) is 0. The maximum atomic E-state index is 5.27. The molecule has 0 N–H and O–H groups in total. The van der Waals surface area contributed by atoms with Gasteiger partial charge in [0.05, 0.1) is 26.9 Å². The van der Waals surface area contributed by atoms with Crippen molar-refractivity contribution in [1.82, 2.24) is 24.5 Å². The highest BCUT2D eigenvalue weighted by molar-refractivity contribution is 7.26. The monoisotopic (exact) mass is 733 g/mol. The molecule has 0 bridgehead atoms. The molecule has 4 heterocycles. The number of benzene rings is 7. The van der Waals surface area contributed by atoms with E-state index in [4.69, 9.17) is 15.0 Å². The largest absolute Gasteiger partial charge is 0.308 e. The highest BCUT2D eigenvalue weighted by atomic mass is 32.1. The number of nitrogens with zero attached hydrogens (tertiary/aromatic N) is 5. The molecule has 0 atom stereocenters. The van der Waals surface area contributed by atoms with E-state index in [-0.39, 0.29) is 0 Å². The number of fused-ring (bicyclic) bond motifs is 6. The minimum atomic E-state index is 0.608. The number of para-hydroxylation sites is 2. The maximum absolute atomic E-state index is 5.27. The molecule has 0 saturated heterocycles. The van der Waals surface area contributed by atoms with Crippen LogP contribution in [0.3, 0.4) is 0 Å². The number of thiophene rings is 1. The summed E-state index contributed by atoms with van der Waals surface area (Å²) in [7, 11) is 0. The van der Waals surface area contributed by atoms with Crippen LogP contribution in [0.4, 0.5) is 0 Å². The Bertz CT molecular complexity index is 3190. The van der Waals surface area contributed by atoms with Crippen LogP contribution in [0.2, 0.25) is 0 Å². The fourth-order valence-corrected chi connectivity index (χ4v) is 9.08. The molecule has 11 aromatic rings. The van der Waals surface area contributed by atoms with Gasteiger partial charge in [-0.1, -0.05) is 146 Å². The Morgan fingerprint density at radius 2 is 0.964 bits per heavy atom. The minimum absolute atomic E-state index is 0.608. The van der Waals surface area contributed by atoms with Gasteiger partial charge in [-0.05, 0) is 58.7 Å². The van der Waals surface area contributed by atoms with Gasteiger partial charge >= 0.3 is 0 Å². The predicted octanol–water partition coefficient (Wildman–Crippen LogP) is 13.1. The molecule has 0 aliphatic carbocycles. The first kappa shape index (κ1) is 32.2. The van der Waals surface area contributed by atoms with Gasteiger partial charge in [-0.25, -0.2) is 15.0 Å². The summed E-state index contributed by atoms with van der Waals surface area (Å²) in [6, 6.07) is 63.7. The van der Waals surface area contributed by atoms with Crippen molar-refractivity contribution in [2.45, 2.75) is 0 Å². The SMILES string of the molecule is c1ccc(-c2ccc(-c3nc(-c4ccccc4)nc(-c4ccc(-c5cccc6c5sc5cccnc56)cc4)n3)c(-n3c4ccccc4c4ccccc43)c2)cc1.